The molecule has 34 heavy (non-hydrogen) atoms. The van der Waals surface area contributed by atoms with Crippen molar-refractivity contribution in [3.8, 4) is 11.5 Å². The number of benzene rings is 2. The molecule has 1 fully saturated rings. The number of carbonyl (C=O) groups is 3. The first-order valence-corrected chi connectivity index (χ1v) is 11.9. The van der Waals surface area contributed by atoms with E-state index in [1.54, 1.807) is 30.3 Å². The lowest BCUT2D eigenvalue weighted by molar-refractivity contribution is -0.147. The molecule has 0 spiro atoms. The molecule has 0 atom stereocenters. The summed E-state index contributed by atoms with van der Waals surface area (Å²) in [6, 6.07) is 9.33. The predicted octanol–water partition coefficient (Wildman–Crippen LogP) is 5.41. The smallest absolute Gasteiger partial charge is 0.326 e. The third-order valence-corrected chi connectivity index (χ3v) is 6.08. The van der Waals surface area contributed by atoms with Gasteiger partial charge in [0.1, 0.15) is 19.0 Å². The van der Waals surface area contributed by atoms with Gasteiger partial charge in [0.2, 0.25) is 0 Å². The Morgan fingerprint density at radius 1 is 1.21 bits per heavy atom. The zero-order valence-corrected chi connectivity index (χ0v) is 21.2. The van der Waals surface area contributed by atoms with Crippen LogP contribution in [0, 0.1) is 11.7 Å². The second-order valence-electron chi connectivity index (χ2n) is 7.79. The fourth-order valence-electron chi connectivity index (χ4n) is 2.92. The minimum Gasteiger partial charge on any atom is -0.493 e. The number of nitrogens with zero attached hydrogens (tertiary/aromatic N) is 1. The average Bonchev–Trinajstić information content (AvgIpc) is 3.05. The molecule has 1 aliphatic rings. The summed E-state index contributed by atoms with van der Waals surface area (Å²) in [5.41, 5.74) is 1.37. The molecule has 2 aromatic rings. The SMILES string of the molecule is COc1cc(/C=C2/SC(=O)N(CC(=O)OCC(C)C)C2=O)cc(Br)c1OCc1ccc(F)cc1. The number of thioether (sulfide) groups is 1. The standard InChI is InChI=1S/C24H23BrFNO6S/c1-14(2)12-32-21(28)11-27-23(29)20(34-24(27)30)10-16-8-18(25)22(19(9-16)31-3)33-13-15-4-6-17(26)7-5-15/h4-10,14H,11-13H2,1-3H3/b20-10+. The first-order chi connectivity index (χ1) is 16.2. The number of halogens is 2. The summed E-state index contributed by atoms with van der Waals surface area (Å²) in [6.07, 6.45) is 1.54. The number of rotatable bonds is 9. The summed E-state index contributed by atoms with van der Waals surface area (Å²) in [5, 5.41) is -0.539. The summed E-state index contributed by atoms with van der Waals surface area (Å²) in [4.78, 5) is 38.0. The van der Waals surface area contributed by atoms with Crippen LogP contribution >= 0.6 is 27.7 Å². The van der Waals surface area contributed by atoms with Crippen molar-refractivity contribution in [1.29, 1.82) is 0 Å². The van der Waals surface area contributed by atoms with Crippen molar-refractivity contribution >= 4 is 50.9 Å². The van der Waals surface area contributed by atoms with Crippen molar-refractivity contribution in [2.24, 2.45) is 5.92 Å². The molecular weight excluding hydrogens is 529 g/mol. The van der Waals surface area contributed by atoms with E-state index in [0.29, 0.717) is 21.5 Å². The highest BCUT2D eigenvalue weighted by atomic mass is 79.9. The highest BCUT2D eigenvalue weighted by Crippen LogP contribution is 2.39. The number of methoxy groups -OCH3 is 1. The molecular formula is C24H23BrFNO6S. The average molecular weight is 552 g/mol. The number of hydrogen-bond acceptors (Lipinski definition) is 7. The van der Waals surface area contributed by atoms with Gasteiger partial charge >= 0.3 is 5.97 Å². The minimum atomic E-state index is -0.635. The molecule has 1 saturated heterocycles. The highest BCUT2D eigenvalue weighted by molar-refractivity contribution is 9.10. The van der Waals surface area contributed by atoms with Gasteiger partial charge in [0.15, 0.2) is 11.5 Å². The van der Waals surface area contributed by atoms with Crippen LogP contribution in [-0.2, 0) is 20.9 Å². The van der Waals surface area contributed by atoms with E-state index < -0.39 is 23.7 Å². The van der Waals surface area contributed by atoms with Crippen LogP contribution < -0.4 is 9.47 Å². The van der Waals surface area contributed by atoms with Crippen molar-refractivity contribution in [2.45, 2.75) is 20.5 Å². The van der Waals surface area contributed by atoms with Gasteiger partial charge in [-0.2, -0.15) is 0 Å². The fraction of sp³-hybridized carbons (Fsp3) is 0.292. The lowest BCUT2D eigenvalue weighted by Gasteiger charge is -2.14. The lowest BCUT2D eigenvalue weighted by Crippen LogP contribution is -2.34. The van der Waals surface area contributed by atoms with E-state index in [9.17, 15) is 18.8 Å². The van der Waals surface area contributed by atoms with Crippen molar-refractivity contribution < 1.29 is 33.0 Å². The van der Waals surface area contributed by atoms with Crippen molar-refractivity contribution in [3.05, 3.63) is 62.7 Å². The highest BCUT2D eigenvalue weighted by Gasteiger charge is 2.36. The van der Waals surface area contributed by atoms with Gasteiger partial charge in [0.25, 0.3) is 11.1 Å². The largest absolute Gasteiger partial charge is 0.493 e. The molecule has 2 aromatic carbocycles. The summed E-state index contributed by atoms with van der Waals surface area (Å²) < 4.78 is 30.0. The molecule has 1 aliphatic heterocycles. The molecule has 0 N–H and O–H groups in total. The van der Waals surface area contributed by atoms with E-state index in [2.05, 4.69) is 15.9 Å². The Morgan fingerprint density at radius 3 is 2.56 bits per heavy atom. The third-order valence-electron chi connectivity index (χ3n) is 4.58. The lowest BCUT2D eigenvalue weighted by atomic mass is 10.1. The maximum Gasteiger partial charge on any atom is 0.326 e. The van der Waals surface area contributed by atoms with E-state index in [1.165, 1.54) is 19.2 Å². The first kappa shape index (κ1) is 25.8. The van der Waals surface area contributed by atoms with Gasteiger partial charge in [-0.05, 0) is 75.1 Å². The second-order valence-corrected chi connectivity index (χ2v) is 9.64. The topological polar surface area (TPSA) is 82.1 Å². The Morgan fingerprint density at radius 2 is 1.91 bits per heavy atom. The molecule has 0 aliphatic carbocycles. The molecule has 0 aromatic heterocycles. The van der Waals surface area contributed by atoms with Gasteiger partial charge in [-0.1, -0.05) is 26.0 Å². The molecule has 180 valence electrons. The zero-order chi connectivity index (χ0) is 24.8. The Balaban J connectivity index is 1.74. The molecule has 0 radical (unpaired) electrons. The first-order valence-electron chi connectivity index (χ1n) is 10.3. The number of ether oxygens (including phenoxy) is 3. The molecule has 0 bridgehead atoms. The maximum atomic E-state index is 13.1. The third kappa shape index (κ3) is 6.60. The summed E-state index contributed by atoms with van der Waals surface area (Å²) in [5.74, 6) is -0.546. The Kier molecular flexibility index (Phi) is 8.73. The monoisotopic (exact) mass is 551 g/mol. The van der Waals surface area contributed by atoms with Gasteiger partial charge in [0, 0.05) is 0 Å². The van der Waals surface area contributed by atoms with Crippen LogP contribution in [0.3, 0.4) is 0 Å². The Labute approximate surface area is 209 Å². The normalized spacial score (nSPS) is 14.8. The van der Waals surface area contributed by atoms with Crippen LogP contribution in [0.2, 0.25) is 0 Å². The predicted molar refractivity (Wildman–Crippen MR) is 130 cm³/mol. The molecule has 0 saturated carbocycles. The van der Waals surface area contributed by atoms with Crippen LogP contribution in [0.5, 0.6) is 11.5 Å². The van der Waals surface area contributed by atoms with Crippen LogP contribution in [0.15, 0.2) is 45.8 Å². The maximum absolute atomic E-state index is 13.1. The van der Waals surface area contributed by atoms with Crippen molar-refractivity contribution in [1.82, 2.24) is 4.90 Å². The molecule has 3 rings (SSSR count). The Hall–Kier alpha value is -2.85. The molecule has 0 unspecified atom stereocenters. The molecule has 7 nitrogen and oxygen atoms in total. The second kappa shape index (κ2) is 11.5. The van der Waals surface area contributed by atoms with E-state index in [0.717, 1.165) is 22.2 Å². The summed E-state index contributed by atoms with van der Waals surface area (Å²) >= 11 is 4.20. The van der Waals surface area contributed by atoms with Crippen molar-refractivity contribution in [2.75, 3.05) is 20.3 Å². The number of hydrogen-bond donors (Lipinski definition) is 0. The summed E-state index contributed by atoms with van der Waals surface area (Å²) in [7, 11) is 1.48. The molecule has 1 heterocycles. The van der Waals surface area contributed by atoms with Crippen LogP contribution in [0.25, 0.3) is 6.08 Å². The van der Waals surface area contributed by atoms with Crippen LogP contribution in [0.4, 0.5) is 9.18 Å². The van der Waals surface area contributed by atoms with Crippen molar-refractivity contribution in [3.63, 3.8) is 0 Å². The van der Waals surface area contributed by atoms with Crippen LogP contribution in [-0.4, -0.2) is 42.3 Å². The van der Waals surface area contributed by atoms with E-state index in [4.69, 9.17) is 14.2 Å². The number of carbonyl (C=O) groups excluding carboxylic acids is 3. The quantitative estimate of drug-likeness (QED) is 0.304. The fourth-order valence-corrected chi connectivity index (χ4v) is 4.33. The van der Waals surface area contributed by atoms with E-state index in [1.807, 2.05) is 13.8 Å². The molecule has 2 amide bonds. The van der Waals surface area contributed by atoms with E-state index >= 15 is 0 Å². The number of esters is 1. The number of amides is 2. The van der Waals surface area contributed by atoms with Gasteiger partial charge in [0.05, 0.1) is 23.1 Å². The van der Waals surface area contributed by atoms with Gasteiger partial charge < -0.3 is 14.2 Å². The summed E-state index contributed by atoms with van der Waals surface area (Å²) in [6.45, 7) is 3.76. The Bertz CT molecular complexity index is 1120. The number of imide groups is 1. The van der Waals surface area contributed by atoms with Gasteiger partial charge in [-0.15, -0.1) is 0 Å². The van der Waals surface area contributed by atoms with Gasteiger partial charge in [-0.3, -0.25) is 19.3 Å². The van der Waals surface area contributed by atoms with E-state index in [-0.39, 0.29) is 29.9 Å². The zero-order valence-electron chi connectivity index (χ0n) is 18.8. The minimum absolute atomic E-state index is 0.148. The van der Waals surface area contributed by atoms with Gasteiger partial charge in [-0.25, -0.2) is 4.39 Å². The van der Waals surface area contributed by atoms with Crippen LogP contribution in [0.1, 0.15) is 25.0 Å². The molecule has 10 heteroatoms.